The Morgan fingerprint density at radius 2 is 1.46 bits per heavy atom. The number of quaternary nitrogens is 1. The van der Waals surface area contributed by atoms with Gasteiger partial charge in [-0.15, -0.1) is 0 Å². The highest BCUT2D eigenvalue weighted by Gasteiger charge is 2.24. The van der Waals surface area contributed by atoms with Gasteiger partial charge in [0.15, 0.2) is 6.10 Å². The van der Waals surface area contributed by atoms with Crippen LogP contribution in [0.3, 0.4) is 0 Å². The fourth-order valence-corrected chi connectivity index (χ4v) is 3.06. The van der Waals surface area contributed by atoms with Crippen LogP contribution in [-0.2, 0) is 14.3 Å². The first-order chi connectivity index (χ1) is 16.6. The molecule has 6 heteroatoms. The number of aliphatic hydroxyl groups excluding tert-OH is 1. The maximum atomic E-state index is 12.0. The summed E-state index contributed by atoms with van der Waals surface area (Å²) in [7, 11) is 5.79. The van der Waals surface area contributed by atoms with Gasteiger partial charge in [-0.25, -0.2) is 0 Å². The number of nitrogens with zero attached hydrogens (tertiary/aromatic N) is 1. The fourth-order valence-electron chi connectivity index (χ4n) is 3.06. The zero-order chi connectivity index (χ0) is 26.4. The lowest BCUT2D eigenvalue weighted by atomic mass is 10.2. The monoisotopic (exact) mass is 488 g/mol. The number of carboxylic acid groups (broad SMARTS) is 1. The number of hydrogen-bond donors (Lipinski definition) is 2. The number of carbonyl (C=O) groups excluding carboxylic acids is 1. The van der Waals surface area contributed by atoms with Crippen molar-refractivity contribution < 1.29 is 29.0 Å². The molecule has 35 heavy (non-hydrogen) atoms. The van der Waals surface area contributed by atoms with Gasteiger partial charge in [-0.3, -0.25) is 9.59 Å². The molecule has 0 aliphatic heterocycles. The molecule has 0 radical (unpaired) electrons. The van der Waals surface area contributed by atoms with Gasteiger partial charge in [0.05, 0.1) is 33.7 Å². The van der Waals surface area contributed by atoms with Crippen LogP contribution in [-0.4, -0.2) is 66.5 Å². The van der Waals surface area contributed by atoms with Crippen molar-refractivity contribution in [2.24, 2.45) is 0 Å². The molecule has 0 rings (SSSR count). The smallest absolute Gasteiger partial charge is 0.307 e. The number of aliphatic carboxylic acids is 1. The lowest BCUT2D eigenvalue weighted by Crippen LogP contribution is -2.43. The molecule has 0 saturated carbocycles. The largest absolute Gasteiger partial charge is 0.481 e. The van der Waals surface area contributed by atoms with Crippen LogP contribution in [0.2, 0.25) is 0 Å². The number of carboxylic acids is 1. The first kappa shape index (κ1) is 32.3. The third kappa shape index (κ3) is 24.2. The van der Waals surface area contributed by atoms with Crippen molar-refractivity contribution in [2.75, 3.05) is 27.7 Å². The second-order valence-corrected chi connectivity index (χ2v) is 9.34. The van der Waals surface area contributed by atoms with Gasteiger partial charge in [0.2, 0.25) is 0 Å². The maximum Gasteiger partial charge on any atom is 0.307 e. The van der Waals surface area contributed by atoms with Crippen molar-refractivity contribution in [3.63, 3.8) is 0 Å². The molecule has 0 heterocycles. The Morgan fingerprint density at radius 3 is 2.09 bits per heavy atom. The van der Waals surface area contributed by atoms with Crippen molar-refractivity contribution in [3.8, 4) is 0 Å². The SMILES string of the molecule is CC/C=C/C/C=C/C/C=C/C=C/C(O)C/C=C/C/C=C/CCC(=O)OC(CC(=O)O)C[N+](C)(C)C. The average Bonchev–Trinajstić information content (AvgIpc) is 2.75. The Bertz CT molecular complexity index is 754. The molecule has 0 aliphatic rings. The molecule has 0 aromatic heterocycles. The Kier molecular flexibility index (Phi) is 19.1. The highest BCUT2D eigenvalue weighted by Crippen LogP contribution is 2.08. The highest BCUT2D eigenvalue weighted by molar-refractivity contribution is 5.71. The number of ether oxygens (including phenoxy) is 1. The van der Waals surface area contributed by atoms with E-state index in [1.165, 1.54) is 0 Å². The van der Waals surface area contributed by atoms with Gasteiger partial charge in [0.1, 0.15) is 6.54 Å². The van der Waals surface area contributed by atoms with Gasteiger partial charge in [0.25, 0.3) is 0 Å². The van der Waals surface area contributed by atoms with E-state index in [1.807, 2.05) is 57.6 Å². The van der Waals surface area contributed by atoms with Gasteiger partial charge in [-0.1, -0.05) is 79.8 Å². The van der Waals surface area contributed by atoms with E-state index in [9.17, 15) is 14.7 Å². The van der Waals surface area contributed by atoms with Gasteiger partial charge in [-0.05, 0) is 38.5 Å². The number of rotatable bonds is 19. The van der Waals surface area contributed by atoms with Crippen LogP contribution in [0.4, 0.5) is 0 Å². The Labute approximate surface area is 212 Å². The predicted octanol–water partition coefficient (Wildman–Crippen LogP) is 5.53. The van der Waals surface area contributed by atoms with Crippen molar-refractivity contribution >= 4 is 11.9 Å². The van der Waals surface area contributed by atoms with Gasteiger partial charge in [0, 0.05) is 6.42 Å². The zero-order valence-corrected chi connectivity index (χ0v) is 22.0. The van der Waals surface area contributed by atoms with Gasteiger partial charge >= 0.3 is 11.9 Å². The quantitative estimate of drug-likeness (QED) is 0.108. The summed E-state index contributed by atoms with van der Waals surface area (Å²) < 4.78 is 5.88. The number of esters is 1. The predicted molar refractivity (Wildman–Crippen MR) is 144 cm³/mol. The van der Waals surface area contributed by atoms with Crippen molar-refractivity contribution in [1.29, 1.82) is 0 Å². The van der Waals surface area contributed by atoms with Gasteiger partial charge in [-0.2, -0.15) is 0 Å². The van der Waals surface area contributed by atoms with Crippen molar-refractivity contribution in [2.45, 2.75) is 70.5 Å². The summed E-state index contributed by atoms with van der Waals surface area (Å²) in [5, 5.41) is 19.0. The number of likely N-dealkylation sites (N-methyl/N-ethyl adjacent to an activating group) is 1. The molecule has 2 unspecified atom stereocenters. The molecule has 0 fully saturated rings. The number of carbonyl (C=O) groups is 2. The molecule has 196 valence electrons. The third-order valence-corrected chi connectivity index (χ3v) is 4.64. The lowest BCUT2D eigenvalue weighted by Gasteiger charge is -2.28. The van der Waals surface area contributed by atoms with E-state index in [2.05, 4.69) is 37.3 Å². The van der Waals surface area contributed by atoms with E-state index in [0.29, 0.717) is 30.3 Å². The first-order valence-corrected chi connectivity index (χ1v) is 12.5. The molecule has 0 aromatic carbocycles. The van der Waals surface area contributed by atoms with Crippen LogP contribution < -0.4 is 0 Å². The first-order valence-electron chi connectivity index (χ1n) is 12.5. The van der Waals surface area contributed by atoms with Crippen LogP contribution in [0.1, 0.15) is 58.3 Å². The molecule has 0 aromatic rings. The molecule has 2 atom stereocenters. The number of hydrogen-bond acceptors (Lipinski definition) is 4. The molecule has 2 N–H and O–H groups in total. The summed E-state index contributed by atoms with van der Waals surface area (Å²) >= 11 is 0. The van der Waals surface area contributed by atoms with E-state index in [-0.39, 0.29) is 18.8 Å². The minimum absolute atomic E-state index is 0.187. The molecule has 0 spiro atoms. The normalized spacial score (nSPS) is 14.9. The number of aliphatic hydroxyl groups is 1. The van der Waals surface area contributed by atoms with Crippen LogP contribution in [0.5, 0.6) is 0 Å². The Hall–Kier alpha value is -2.70. The highest BCUT2D eigenvalue weighted by atomic mass is 16.5. The van der Waals surface area contributed by atoms with Crippen LogP contribution in [0.25, 0.3) is 0 Å². The van der Waals surface area contributed by atoms with Crippen LogP contribution >= 0.6 is 0 Å². The van der Waals surface area contributed by atoms with Crippen LogP contribution in [0.15, 0.2) is 72.9 Å². The Balaban J connectivity index is 4.05. The van der Waals surface area contributed by atoms with Crippen molar-refractivity contribution in [3.05, 3.63) is 72.9 Å². The van der Waals surface area contributed by atoms with Gasteiger partial charge < -0.3 is 19.4 Å². The minimum atomic E-state index is -0.973. The molecule has 0 bridgehead atoms. The summed E-state index contributed by atoms with van der Waals surface area (Å²) in [6.45, 7) is 2.57. The summed E-state index contributed by atoms with van der Waals surface area (Å²) in [5.74, 6) is -1.35. The van der Waals surface area contributed by atoms with Crippen molar-refractivity contribution in [1.82, 2.24) is 0 Å². The summed E-state index contributed by atoms with van der Waals surface area (Å²) in [4.78, 5) is 23.0. The average molecular weight is 489 g/mol. The molecule has 0 saturated heterocycles. The second kappa shape index (κ2) is 20.7. The molecular weight excluding hydrogens is 442 g/mol. The van der Waals surface area contributed by atoms with E-state index >= 15 is 0 Å². The topological polar surface area (TPSA) is 83.8 Å². The van der Waals surface area contributed by atoms with Crippen LogP contribution in [0, 0.1) is 0 Å². The summed E-state index contributed by atoms with van der Waals surface area (Å²) in [6.07, 6.45) is 27.6. The van der Waals surface area contributed by atoms with E-state index < -0.39 is 18.2 Å². The van der Waals surface area contributed by atoms with E-state index in [0.717, 1.165) is 19.3 Å². The van der Waals surface area contributed by atoms with E-state index in [1.54, 1.807) is 6.08 Å². The lowest BCUT2D eigenvalue weighted by molar-refractivity contribution is -0.873. The van der Waals surface area contributed by atoms with E-state index in [4.69, 9.17) is 9.84 Å². The maximum absolute atomic E-state index is 12.0. The zero-order valence-electron chi connectivity index (χ0n) is 22.0. The molecule has 6 nitrogen and oxygen atoms in total. The molecule has 0 amide bonds. The Morgan fingerprint density at radius 1 is 0.857 bits per heavy atom. The summed E-state index contributed by atoms with van der Waals surface area (Å²) in [5.41, 5.74) is 0. The molecule has 0 aliphatic carbocycles. The fraction of sp³-hybridized carbons (Fsp3) is 0.517. The molecular formula is C29H46NO5+. The second-order valence-electron chi connectivity index (χ2n) is 9.34. The number of allylic oxidation sites excluding steroid dienone is 10. The third-order valence-electron chi connectivity index (χ3n) is 4.64. The minimum Gasteiger partial charge on any atom is -0.481 e. The standard InChI is InChI=1S/C29H45NO5/c1-5-6-7-8-9-10-11-12-15-18-21-26(31)22-19-16-13-14-17-20-23-29(34)35-27(24-28(32)33)25-30(2,3)4/h6-7,9-10,12,14-19,21,26-27,31H,5,8,11,13,20,22-25H2,1-4H3/p+1/b7-6+,10-9+,15-12+,17-14+,19-16+,21-18+. The summed E-state index contributed by atoms with van der Waals surface area (Å²) in [6, 6.07) is 0.